The van der Waals surface area contributed by atoms with Gasteiger partial charge in [0.15, 0.2) is 0 Å². The third-order valence-corrected chi connectivity index (χ3v) is 3.31. The predicted molar refractivity (Wildman–Crippen MR) is 78.3 cm³/mol. The number of rotatable bonds is 12. The molecule has 0 aromatic heterocycles. The first-order valence-corrected chi connectivity index (χ1v) is 7.52. The molecule has 0 aromatic rings. The largest absolute Gasteiger partial charge is 0.468 e. The highest BCUT2D eigenvalue weighted by Crippen LogP contribution is 2.15. The van der Waals surface area contributed by atoms with Gasteiger partial charge in [0.1, 0.15) is 5.54 Å². The number of likely N-dealkylation sites (N-methyl/N-ethyl adjacent to an activating group) is 1. The van der Waals surface area contributed by atoms with E-state index < -0.39 is 5.54 Å². The van der Waals surface area contributed by atoms with E-state index >= 15 is 0 Å². The van der Waals surface area contributed by atoms with E-state index in [4.69, 9.17) is 9.47 Å². The molecule has 4 nitrogen and oxygen atoms in total. The number of carbonyl (C=O) groups excluding carboxylic acids is 1. The molecule has 1 N–H and O–H groups in total. The molecule has 0 radical (unpaired) electrons. The van der Waals surface area contributed by atoms with E-state index in [1.807, 2.05) is 13.8 Å². The molecule has 19 heavy (non-hydrogen) atoms. The first kappa shape index (κ1) is 18.4. The molecule has 1 atom stereocenters. The summed E-state index contributed by atoms with van der Waals surface area (Å²) in [6.07, 6.45) is 6.35. The monoisotopic (exact) mass is 273 g/mol. The van der Waals surface area contributed by atoms with Gasteiger partial charge in [-0.1, -0.05) is 26.7 Å². The Morgan fingerprint density at radius 1 is 1.11 bits per heavy atom. The Hall–Kier alpha value is -0.610. The Kier molecular flexibility index (Phi) is 10.9. The molecule has 0 fully saturated rings. The van der Waals surface area contributed by atoms with Crippen molar-refractivity contribution in [2.75, 3.05) is 26.9 Å². The number of carbonyl (C=O) groups is 1. The molecule has 0 rings (SSSR count). The maximum absolute atomic E-state index is 11.7. The number of methoxy groups -OCH3 is 1. The molecule has 0 heterocycles. The number of nitrogens with one attached hydrogen (secondary N) is 1. The average Bonchev–Trinajstić information content (AvgIpc) is 2.41. The van der Waals surface area contributed by atoms with Crippen LogP contribution in [0.2, 0.25) is 0 Å². The van der Waals surface area contributed by atoms with Crippen LogP contribution in [0, 0.1) is 0 Å². The summed E-state index contributed by atoms with van der Waals surface area (Å²) in [6.45, 7) is 8.50. The summed E-state index contributed by atoms with van der Waals surface area (Å²) in [5.41, 5.74) is -0.564. The van der Waals surface area contributed by atoms with Gasteiger partial charge in [0, 0.05) is 13.2 Å². The van der Waals surface area contributed by atoms with Crippen LogP contribution in [0.3, 0.4) is 0 Å². The molecule has 0 saturated carbocycles. The van der Waals surface area contributed by atoms with Crippen LogP contribution in [0.25, 0.3) is 0 Å². The summed E-state index contributed by atoms with van der Waals surface area (Å²) >= 11 is 0. The van der Waals surface area contributed by atoms with Crippen LogP contribution < -0.4 is 5.32 Å². The van der Waals surface area contributed by atoms with Crippen molar-refractivity contribution in [2.24, 2.45) is 0 Å². The van der Waals surface area contributed by atoms with Crippen LogP contribution in [-0.2, 0) is 14.3 Å². The molecule has 114 valence electrons. The third-order valence-electron chi connectivity index (χ3n) is 3.31. The lowest BCUT2D eigenvalue weighted by molar-refractivity contribution is -0.148. The first-order chi connectivity index (χ1) is 9.10. The summed E-state index contributed by atoms with van der Waals surface area (Å²) in [5.74, 6) is -0.182. The van der Waals surface area contributed by atoms with Crippen LogP contribution in [0.5, 0.6) is 0 Å². The minimum Gasteiger partial charge on any atom is -0.468 e. The van der Waals surface area contributed by atoms with E-state index in [0.717, 1.165) is 45.4 Å². The normalized spacial score (nSPS) is 14.1. The van der Waals surface area contributed by atoms with Gasteiger partial charge in [0.2, 0.25) is 0 Å². The van der Waals surface area contributed by atoms with Crippen LogP contribution in [-0.4, -0.2) is 38.4 Å². The van der Waals surface area contributed by atoms with Gasteiger partial charge in [-0.2, -0.15) is 0 Å². The van der Waals surface area contributed by atoms with Gasteiger partial charge in [-0.3, -0.25) is 4.79 Å². The molecule has 0 aliphatic heterocycles. The SMILES string of the molecule is CCCCCOCCCCC(C)(NCC)C(=O)OC. The Labute approximate surface area is 118 Å². The maximum atomic E-state index is 11.7. The highest BCUT2D eigenvalue weighted by atomic mass is 16.5. The fraction of sp³-hybridized carbons (Fsp3) is 0.933. The van der Waals surface area contributed by atoms with Crippen LogP contribution >= 0.6 is 0 Å². The highest BCUT2D eigenvalue weighted by Gasteiger charge is 2.32. The van der Waals surface area contributed by atoms with E-state index in [1.54, 1.807) is 0 Å². The first-order valence-electron chi connectivity index (χ1n) is 7.52. The van der Waals surface area contributed by atoms with Gasteiger partial charge in [-0.05, 0) is 39.2 Å². The molecule has 4 heteroatoms. The van der Waals surface area contributed by atoms with Gasteiger partial charge < -0.3 is 14.8 Å². The summed E-state index contributed by atoms with van der Waals surface area (Å²) in [7, 11) is 1.44. The van der Waals surface area contributed by atoms with Crippen LogP contribution in [0.1, 0.15) is 59.3 Å². The van der Waals surface area contributed by atoms with Gasteiger partial charge in [0.05, 0.1) is 7.11 Å². The van der Waals surface area contributed by atoms with Crippen LogP contribution in [0.4, 0.5) is 0 Å². The predicted octanol–water partition coefficient (Wildman–Crippen LogP) is 2.90. The zero-order valence-corrected chi connectivity index (χ0v) is 13.1. The summed E-state index contributed by atoms with van der Waals surface area (Å²) in [5, 5.41) is 3.21. The molecular weight excluding hydrogens is 242 g/mol. The quantitative estimate of drug-likeness (QED) is 0.439. The lowest BCUT2D eigenvalue weighted by atomic mass is 9.95. The van der Waals surface area contributed by atoms with Gasteiger partial charge >= 0.3 is 5.97 Å². The van der Waals surface area contributed by atoms with Crippen molar-refractivity contribution >= 4 is 5.97 Å². The Balaban J connectivity index is 3.73. The van der Waals surface area contributed by atoms with Crippen molar-refractivity contribution in [3.63, 3.8) is 0 Å². The second-order valence-corrected chi connectivity index (χ2v) is 5.13. The summed E-state index contributed by atoms with van der Waals surface area (Å²) in [4.78, 5) is 11.7. The van der Waals surface area contributed by atoms with Gasteiger partial charge in [-0.25, -0.2) is 0 Å². The highest BCUT2D eigenvalue weighted by molar-refractivity contribution is 5.80. The molecule has 0 bridgehead atoms. The molecule has 0 spiro atoms. The number of esters is 1. The summed E-state index contributed by atoms with van der Waals surface area (Å²) < 4.78 is 10.4. The number of unbranched alkanes of at least 4 members (excludes halogenated alkanes) is 3. The number of hydrogen-bond donors (Lipinski definition) is 1. The molecule has 0 aromatic carbocycles. The molecule has 0 aliphatic rings. The fourth-order valence-corrected chi connectivity index (χ4v) is 2.12. The standard InChI is InChI=1S/C15H31NO3/c1-5-7-9-12-19-13-10-8-11-15(3,16-6-2)14(17)18-4/h16H,5-13H2,1-4H3. The van der Waals surface area contributed by atoms with Crippen molar-refractivity contribution in [3.05, 3.63) is 0 Å². The molecule has 1 unspecified atom stereocenters. The summed E-state index contributed by atoms with van der Waals surface area (Å²) in [6, 6.07) is 0. The molecule has 0 amide bonds. The zero-order chi connectivity index (χ0) is 14.6. The smallest absolute Gasteiger partial charge is 0.325 e. The lowest BCUT2D eigenvalue weighted by Crippen LogP contribution is -2.50. The number of ether oxygens (including phenoxy) is 2. The lowest BCUT2D eigenvalue weighted by Gasteiger charge is -2.27. The van der Waals surface area contributed by atoms with Crippen LogP contribution in [0.15, 0.2) is 0 Å². The van der Waals surface area contributed by atoms with Gasteiger partial charge in [-0.15, -0.1) is 0 Å². The van der Waals surface area contributed by atoms with Crippen molar-refractivity contribution in [2.45, 2.75) is 64.8 Å². The Morgan fingerprint density at radius 2 is 1.74 bits per heavy atom. The molecular formula is C15H31NO3. The van der Waals surface area contributed by atoms with E-state index in [9.17, 15) is 4.79 Å². The minimum absolute atomic E-state index is 0.182. The number of hydrogen-bond acceptors (Lipinski definition) is 4. The van der Waals surface area contributed by atoms with E-state index in [1.165, 1.54) is 20.0 Å². The van der Waals surface area contributed by atoms with Crippen molar-refractivity contribution in [1.82, 2.24) is 5.32 Å². The maximum Gasteiger partial charge on any atom is 0.325 e. The van der Waals surface area contributed by atoms with E-state index in [-0.39, 0.29) is 5.97 Å². The zero-order valence-electron chi connectivity index (χ0n) is 13.1. The minimum atomic E-state index is -0.564. The van der Waals surface area contributed by atoms with Crippen molar-refractivity contribution in [3.8, 4) is 0 Å². The van der Waals surface area contributed by atoms with Crippen molar-refractivity contribution < 1.29 is 14.3 Å². The fourth-order valence-electron chi connectivity index (χ4n) is 2.12. The molecule has 0 saturated heterocycles. The average molecular weight is 273 g/mol. The third kappa shape index (κ3) is 8.22. The molecule has 0 aliphatic carbocycles. The van der Waals surface area contributed by atoms with E-state index in [0.29, 0.717) is 0 Å². The second-order valence-electron chi connectivity index (χ2n) is 5.13. The topological polar surface area (TPSA) is 47.6 Å². The van der Waals surface area contributed by atoms with Gasteiger partial charge in [0.25, 0.3) is 0 Å². The Morgan fingerprint density at radius 3 is 2.26 bits per heavy atom. The second kappa shape index (κ2) is 11.2. The Bertz CT molecular complexity index is 233. The van der Waals surface area contributed by atoms with E-state index in [2.05, 4.69) is 12.2 Å². The van der Waals surface area contributed by atoms with Crippen molar-refractivity contribution in [1.29, 1.82) is 0 Å².